The van der Waals surface area contributed by atoms with Crippen LogP contribution in [0.4, 0.5) is 8.78 Å². The molecule has 0 aromatic heterocycles. The van der Waals surface area contributed by atoms with Crippen LogP contribution in [0.2, 0.25) is 0 Å². The zero-order valence-corrected chi connectivity index (χ0v) is 23.9. The molecular formula is C28H50F2O3P2. The van der Waals surface area contributed by atoms with Gasteiger partial charge in [0.2, 0.25) is 5.82 Å². The van der Waals surface area contributed by atoms with Crippen molar-refractivity contribution in [1.29, 1.82) is 0 Å². The largest absolute Gasteiger partial charge is 0.490 e. The molecule has 1 aromatic rings. The minimum atomic E-state index is -0.815. The lowest BCUT2D eigenvalue weighted by atomic mass is 9.84. The summed E-state index contributed by atoms with van der Waals surface area (Å²) in [6.45, 7) is 2.61. The fourth-order valence-corrected chi connectivity index (χ4v) is 5.38. The van der Waals surface area contributed by atoms with E-state index in [0.29, 0.717) is 12.2 Å². The van der Waals surface area contributed by atoms with Gasteiger partial charge >= 0.3 is 0 Å². The molecule has 0 spiro atoms. The maximum absolute atomic E-state index is 14.4. The number of unbranched alkanes of at least 4 members (excludes halogenated alkanes) is 10. The van der Waals surface area contributed by atoms with Gasteiger partial charge in [0.15, 0.2) is 11.6 Å². The molecule has 35 heavy (non-hydrogen) atoms. The second-order valence-electron chi connectivity index (χ2n) is 9.67. The van der Waals surface area contributed by atoms with Gasteiger partial charge < -0.3 is 14.5 Å². The highest BCUT2D eigenvalue weighted by atomic mass is 31.1. The summed E-state index contributed by atoms with van der Waals surface area (Å²) in [5.74, 6) is -1.30. The molecule has 1 aromatic carbocycles. The number of hydrogen-bond acceptors (Lipinski definition) is 3. The van der Waals surface area contributed by atoms with Gasteiger partial charge in [0.25, 0.3) is 0 Å². The molecule has 1 aliphatic carbocycles. The number of halogens is 2. The third kappa shape index (κ3) is 15.5. The van der Waals surface area contributed by atoms with Crippen molar-refractivity contribution in [3.05, 3.63) is 29.3 Å². The molecule has 0 heterocycles. The average molecular weight is 535 g/mol. The Morgan fingerprint density at radius 3 is 1.86 bits per heavy atom. The van der Waals surface area contributed by atoms with Gasteiger partial charge in [-0.15, -0.1) is 0 Å². The molecule has 2 N–H and O–H groups in total. The number of rotatable bonds is 18. The van der Waals surface area contributed by atoms with Gasteiger partial charge in [0, 0.05) is 17.6 Å². The molecule has 1 aliphatic rings. The zero-order chi connectivity index (χ0) is 25.6. The molecule has 2 rings (SSSR count). The number of benzene rings is 1. The Morgan fingerprint density at radius 2 is 1.29 bits per heavy atom. The SMILES string of the molecule is CCCCCPO.OPCCCCCCCCCCCOc1ccc(C2CCCCC2)c(F)c1F. The lowest BCUT2D eigenvalue weighted by molar-refractivity contribution is 0.283. The maximum atomic E-state index is 14.4. The lowest BCUT2D eigenvalue weighted by Gasteiger charge is -2.23. The molecule has 3 nitrogen and oxygen atoms in total. The van der Waals surface area contributed by atoms with Crippen molar-refractivity contribution in [3.63, 3.8) is 0 Å². The fourth-order valence-electron chi connectivity index (χ4n) is 4.57. The predicted molar refractivity (Wildman–Crippen MR) is 150 cm³/mol. The van der Waals surface area contributed by atoms with E-state index in [1.54, 1.807) is 12.1 Å². The summed E-state index contributed by atoms with van der Waals surface area (Å²) in [6.07, 6.45) is 21.5. The summed E-state index contributed by atoms with van der Waals surface area (Å²) in [5.41, 5.74) is 0.529. The van der Waals surface area contributed by atoms with Gasteiger partial charge in [-0.05, 0) is 62.0 Å². The average Bonchev–Trinajstić information content (AvgIpc) is 2.88. The molecule has 1 fully saturated rings. The van der Waals surface area contributed by atoms with Gasteiger partial charge in [-0.25, -0.2) is 4.39 Å². The molecule has 0 radical (unpaired) electrons. The summed E-state index contributed by atoms with van der Waals surface area (Å²) < 4.78 is 34.3. The standard InChI is InChI=1S/C23H37F2O2P.C5H13OP/c24-22-20(19-13-9-8-10-14-19)15-16-21(23(22)25)27-17-11-6-4-2-1-3-5-7-12-18-28-26;1-2-3-4-5-7-6/h15-16,19,26,28H,1-14,17-18H2;6-7H,2-5H2,1H3. The molecule has 0 aliphatic heterocycles. The number of hydrogen-bond donors (Lipinski definition) is 2. The van der Waals surface area contributed by atoms with Crippen LogP contribution >= 0.6 is 17.6 Å². The summed E-state index contributed by atoms with van der Waals surface area (Å²) >= 11 is 0. The molecule has 2 unspecified atom stereocenters. The molecule has 204 valence electrons. The van der Waals surface area contributed by atoms with E-state index < -0.39 is 11.6 Å². The molecule has 7 heteroatoms. The highest BCUT2D eigenvalue weighted by Gasteiger charge is 2.22. The Kier molecular flexibility index (Phi) is 21.3. The Morgan fingerprint density at radius 1 is 0.743 bits per heavy atom. The van der Waals surface area contributed by atoms with Crippen LogP contribution in [0.3, 0.4) is 0 Å². The second-order valence-corrected chi connectivity index (χ2v) is 11.3. The normalized spacial score (nSPS) is 14.7. The molecule has 2 atom stereocenters. The summed E-state index contributed by atoms with van der Waals surface area (Å²) in [4.78, 5) is 17.1. The smallest absolute Gasteiger partial charge is 0.200 e. The topological polar surface area (TPSA) is 49.7 Å². The highest BCUT2D eigenvalue weighted by molar-refractivity contribution is 7.31. The summed E-state index contributed by atoms with van der Waals surface area (Å²) in [7, 11) is 0.269. The quantitative estimate of drug-likeness (QED) is 0.146. The van der Waals surface area contributed by atoms with Crippen LogP contribution in [-0.2, 0) is 0 Å². The monoisotopic (exact) mass is 534 g/mol. The van der Waals surface area contributed by atoms with Crippen molar-refractivity contribution in [2.24, 2.45) is 0 Å². The predicted octanol–water partition coefficient (Wildman–Crippen LogP) is 9.25. The Hall–Kier alpha value is -0.340. The van der Waals surface area contributed by atoms with E-state index in [9.17, 15) is 8.78 Å². The van der Waals surface area contributed by atoms with Gasteiger partial charge in [0.05, 0.1) is 6.61 Å². The van der Waals surface area contributed by atoms with Gasteiger partial charge in [-0.1, -0.05) is 90.0 Å². The van der Waals surface area contributed by atoms with E-state index in [1.807, 2.05) is 0 Å². The molecule has 1 saturated carbocycles. The Balaban J connectivity index is 0.000000762. The van der Waals surface area contributed by atoms with Crippen molar-refractivity contribution in [2.75, 3.05) is 18.9 Å². The third-order valence-electron chi connectivity index (χ3n) is 6.70. The van der Waals surface area contributed by atoms with E-state index >= 15 is 0 Å². The fraction of sp³-hybridized carbons (Fsp3) is 0.786. The van der Waals surface area contributed by atoms with Crippen molar-refractivity contribution in [2.45, 2.75) is 122 Å². The van der Waals surface area contributed by atoms with Gasteiger partial charge in [0.1, 0.15) is 0 Å². The Labute approximate surface area is 216 Å². The first-order valence-corrected chi connectivity index (χ1v) is 16.3. The van der Waals surface area contributed by atoms with Crippen molar-refractivity contribution >= 4 is 17.6 Å². The molecule has 0 bridgehead atoms. The highest BCUT2D eigenvalue weighted by Crippen LogP contribution is 2.36. The zero-order valence-electron chi connectivity index (χ0n) is 21.9. The lowest BCUT2D eigenvalue weighted by Crippen LogP contribution is -2.09. The molecule has 0 saturated heterocycles. The van der Waals surface area contributed by atoms with E-state index in [4.69, 9.17) is 14.5 Å². The van der Waals surface area contributed by atoms with Crippen LogP contribution in [0, 0.1) is 11.6 Å². The van der Waals surface area contributed by atoms with Crippen molar-refractivity contribution < 1.29 is 23.3 Å². The molecular weight excluding hydrogens is 484 g/mol. The first-order valence-electron chi connectivity index (χ1n) is 14.0. The Bertz CT molecular complexity index is 624. The summed E-state index contributed by atoms with van der Waals surface area (Å²) in [6, 6.07) is 3.34. The van der Waals surface area contributed by atoms with Crippen LogP contribution in [-0.4, -0.2) is 28.7 Å². The molecule has 0 amide bonds. The van der Waals surface area contributed by atoms with Crippen LogP contribution < -0.4 is 4.74 Å². The van der Waals surface area contributed by atoms with Crippen molar-refractivity contribution in [1.82, 2.24) is 0 Å². The van der Waals surface area contributed by atoms with Crippen LogP contribution in [0.5, 0.6) is 5.75 Å². The van der Waals surface area contributed by atoms with E-state index in [2.05, 4.69) is 6.92 Å². The van der Waals surface area contributed by atoms with E-state index in [-0.39, 0.29) is 29.3 Å². The van der Waals surface area contributed by atoms with Crippen LogP contribution in [0.15, 0.2) is 12.1 Å². The third-order valence-corrected chi connectivity index (χ3v) is 7.86. The van der Waals surface area contributed by atoms with Gasteiger partial charge in [-0.3, -0.25) is 0 Å². The van der Waals surface area contributed by atoms with Crippen LogP contribution in [0.1, 0.15) is 128 Å². The van der Waals surface area contributed by atoms with E-state index in [1.165, 1.54) is 64.2 Å². The minimum Gasteiger partial charge on any atom is -0.490 e. The number of ether oxygens (including phenoxy) is 1. The van der Waals surface area contributed by atoms with Crippen LogP contribution in [0.25, 0.3) is 0 Å². The first kappa shape index (κ1) is 32.7. The second kappa shape index (κ2) is 22.8. The van der Waals surface area contributed by atoms with Crippen molar-refractivity contribution in [3.8, 4) is 5.75 Å². The maximum Gasteiger partial charge on any atom is 0.200 e. The minimum absolute atomic E-state index is 0.0561. The summed E-state index contributed by atoms with van der Waals surface area (Å²) in [5, 5.41) is 0. The first-order chi connectivity index (χ1) is 17.2. The van der Waals surface area contributed by atoms with Gasteiger partial charge in [-0.2, -0.15) is 4.39 Å². The van der Waals surface area contributed by atoms with E-state index in [0.717, 1.165) is 57.3 Å².